The molecule has 0 saturated heterocycles. The Morgan fingerprint density at radius 2 is 2.15 bits per heavy atom. The van der Waals surface area contributed by atoms with E-state index in [9.17, 15) is 9.59 Å². The number of hydrogen-bond donors (Lipinski definition) is 3. The summed E-state index contributed by atoms with van der Waals surface area (Å²) >= 11 is 1.53. The summed E-state index contributed by atoms with van der Waals surface area (Å²) in [5.74, 6) is 1.36. The van der Waals surface area contributed by atoms with Crippen molar-refractivity contribution in [2.45, 2.75) is 64.8 Å². The lowest BCUT2D eigenvalue weighted by Crippen LogP contribution is -2.31. The monoisotopic (exact) mass is 389 g/mol. The second-order valence-corrected chi connectivity index (χ2v) is 8.90. The molecule has 3 rings (SSSR count). The van der Waals surface area contributed by atoms with Crippen molar-refractivity contribution in [1.29, 1.82) is 0 Å². The summed E-state index contributed by atoms with van der Waals surface area (Å²) in [6.07, 6.45) is 5.69. The summed E-state index contributed by atoms with van der Waals surface area (Å²) < 4.78 is 0. The van der Waals surface area contributed by atoms with Crippen molar-refractivity contribution in [2.75, 3.05) is 5.32 Å². The van der Waals surface area contributed by atoms with E-state index < -0.39 is 0 Å². The minimum atomic E-state index is -0.0913. The molecule has 2 amide bonds. The molecule has 1 aliphatic rings. The maximum atomic E-state index is 12.2. The Kier molecular flexibility index (Phi) is 6.26. The van der Waals surface area contributed by atoms with Gasteiger partial charge in [0.1, 0.15) is 0 Å². The van der Waals surface area contributed by atoms with Gasteiger partial charge in [0, 0.05) is 41.2 Å². The van der Waals surface area contributed by atoms with Gasteiger partial charge in [-0.25, -0.2) is 4.98 Å². The molecule has 2 aromatic heterocycles. The van der Waals surface area contributed by atoms with Crippen molar-refractivity contribution < 1.29 is 9.59 Å². The molecule has 146 valence electrons. The molecule has 0 bridgehead atoms. The third kappa shape index (κ3) is 5.63. The number of carbonyl (C=O) groups is 2. The molecular formula is C19H27N5O2S. The summed E-state index contributed by atoms with van der Waals surface area (Å²) in [5, 5.41) is 14.0. The van der Waals surface area contributed by atoms with Gasteiger partial charge >= 0.3 is 0 Å². The van der Waals surface area contributed by atoms with Crippen LogP contribution in [0.2, 0.25) is 0 Å². The fraction of sp³-hybridized carbons (Fsp3) is 0.579. The molecule has 27 heavy (non-hydrogen) atoms. The number of aryl methyl sites for hydroxylation is 1. The van der Waals surface area contributed by atoms with E-state index in [1.165, 1.54) is 11.3 Å². The van der Waals surface area contributed by atoms with Crippen molar-refractivity contribution in [3.05, 3.63) is 27.8 Å². The fourth-order valence-electron chi connectivity index (χ4n) is 3.63. The van der Waals surface area contributed by atoms with Crippen molar-refractivity contribution in [3.8, 4) is 0 Å². The van der Waals surface area contributed by atoms with Crippen molar-refractivity contribution in [3.63, 3.8) is 0 Å². The van der Waals surface area contributed by atoms with E-state index in [2.05, 4.69) is 25.8 Å². The van der Waals surface area contributed by atoms with Gasteiger partial charge in [-0.1, -0.05) is 0 Å². The van der Waals surface area contributed by atoms with Gasteiger partial charge in [-0.15, -0.1) is 11.3 Å². The number of aromatic amines is 1. The lowest BCUT2D eigenvalue weighted by Gasteiger charge is -2.12. The van der Waals surface area contributed by atoms with Gasteiger partial charge in [0.15, 0.2) is 5.82 Å². The number of anilines is 1. The van der Waals surface area contributed by atoms with Crippen LogP contribution in [0.5, 0.6) is 0 Å². The van der Waals surface area contributed by atoms with Gasteiger partial charge in [0.05, 0.1) is 11.4 Å². The Balaban J connectivity index is 1.49. The Morgan fingerprint density at radius 3 is 2.85 bits per heavy atom. The standard InChI is InChI=1S/C19H27N5O2S/c1-11(2)21-18(25)7-13-4-5-14(6-13)16-9-17(24-23-16)22-19(26)8-15-10-20-12(3)27-15/h9-11,13-14H,4-8H2,1-3H3,(H,21,25)(H2,22,23,24,26)/t13-,14+/m1/s1. The van der Waals surface area contributed by atoms with Crippen LogP contribution in [-0.4, -0.2) is 33.0 Å². The van der Waals surface area contributed by atoms with Crippen LogP contribution in [-0.2, 0) is 16.0 Å². The highest BCUT2D eigenvalue weighted by Gasteiger charge is 2.29. The number of aromatic nitrogens is 3. The number of H-pyrrole nitrogens is 1. The second-order valence-electron chi connectivity index (χ2n) is 7.58. The topological polar surface area (TPSA) is 99.8 Å². The van der Waals surface area contributed by atoms with Crippen molar-refractivity contribution in [2.24, 2.45) is 5.92 Å². The summed E-state index contributed by atoms with van der Waals surface area (Å²) in [6, 6.07) is 2.10. The first kappa shape index (κ1) is 19.5. The molecule has 0 radical (unpaired) electrons. The highest BCUT2D eigenvalue weighted by molar-refractivity contribution is 7.11. The zero-order valence-corrected chi connectivity index (χ0v) is 16.9. The maximum Gasteiger partial charge on any atom is 0.230 e. The van der Waals surface area contributed by atoms with Gasteiger partial charge in [-0.05, 0) is 46.0 Å². The van der Waals surface area contributed by atoms with E-state index in [4.69, 9.17) is 0 Å². The second kappa shape index (κ2) is 8.65. The van der Waals surface area contributed by atoms with Gasteiger partial charge in [-0.3, -0.25) is 14.7 Å². The largest absolute Gasteiger partial charge is 0.354 e. The lowest BCUT2D eigenvalue weighted by molar-refractivity contribution is -0.122. The molecule has 0 aliphatic heterocycles. The smallest absolute Gasteiger partial charge is 0.230 e. The van der Waals surface area contributed by atoms with Gasteiger partial charge < -0.3 is 10.6 Å². The molecule has 1 aliphatic carbocycles. The summed E-state index contributed by atoms with van der Waals surface area (Å²) in [6.45, 7) is 5.88. The number of amides is 2. The van der Waals surface area contributed by atoms with Crippen LogP contribution in [0.15, 0.2) is 12.3 Å². The van der Waals surface area contributed by atoms with E-state index in [-0.39, 0.29) is 17.9 Å². The van der Waals surface area contributed by atoms with E-state index >= 15 is 0 Å². The minimum absolute atomic E-state index is 0.0913. The van der Waals surface area contributed by atoms with Crippen LogP contribution in [0, 0.1) is 12.8 Å². The van der Waals surface area contributed by atoms with E-state index in [1.807, 2.05) is 26.8 Å². The van der Waals surface area contributed by atoms with Crippen LogP contribution >= 0.6 is 11.3 Å². The average Bonchev–Trinajstić information content (AvgIpc) is 3.28. The average molecular weight is 390 g/mol. The first-order chi connectivity index (χ1) is 12.9. The highest BCUT2D eigenvalue weighted by Crippen LogP contribution is 2.39. The maximum absolute atomic E-state index is 12.2. The minimum Gasteiger partial charge on any atom is -0.354 e. The Morgan fingerprint density at radius 1 is 1.33 bits per heavy atom. The van der Waals surface area contributed by atoms with Crippen LogP contribution in [0.25, 0.3) is 0 Å². The van der Waals surface area contributed by atoms with Gasteiger partial charge in [0.25, 0.3) is 0 Å². The lowest BCUT2D eigenvalue weighted by atomic mass is 9.99. The van der Waals surface area contributed by atoms with Crippen LogP contribution < -0.4 is 10.6 Å². The third-order valence-electron chi connectivity index (χ3n) is 4.77. The zero-order valence-electron chi connectivity index (χ0n) is 16.0. The highest BCUT2D eigenvalue weighted by atomic mass is 32.1. The number of nitrogens with zero attached hydrogens (tertiary/aromatic N) is 2. The molecule has 2 atom stereocenters. The molecule has 1 saturated carbocycles. The van der Waals surface area contributed by atoms with E-state index in [0.717, 1.165) is 34.8 Å². The predicted octanol–water partition coefficient (Wildman–Crippen LogP) is 3.15. The molecule has 0 unspecified atom stereocenters. The summed E-state index contributed by atoms with van der Waals surface area (Å²) in [4.78, 5) is 29.2. The Hall–Kier alpha value is -2.22. The quantitative estimate of drug-likeness (QED) is 0.677. The van der Waals surface area contributed by atoms with Crippen LogP contribution in [0.4, 0.5) is 5.82 Å². The summed E-state index contributed by atoms with van der Waals surface area (Å²) in [7, 11) is 0. The SMILES string of the molecule is Cc1ncc(CC(=O)Nc2cc([C@H]3CC[C@@H](CC(=O)NC(C)C)C3)[nH]n2)s1. The number of nitrogens with one attached hydrogen (secondary N) is 3. The molecular weight excluding hydrogens is 362 g/mol. The third-order valence-corrected chi connectivity index (χ3v) is 5.69. The first-order valence-corrected chi connectivity index (χ1v) is 10.3. The Labute approximate surface area is 163 Å². The molecule has 0 spiro atoms. The van der Waals surface area contributed by atoms with Crippen molar-refractivity contribution >= 4 is 29.0 Å². The van der Waals surface area contributed by atoms with E-state index in [1.54, 1.807) is 6.20 Å². The first-order valence-electron chi connectivity index (χ1n) is 9.45. The molecule has 7 nitrogen and oxygen atoms in total. The molecule has 1 fully saturated rings. The molecule has 0 aromatic carbocycles. The number of thiazole rings is 1. The van der Waals surface area contributed by atoms with Crippen molar-refractivity contribution in [1.82, 2.24) is 20.5 Å². The summed E-state index contributed by atoms with van der Waals surface area (Å²) in [5.41, 5.74) is 1.03. The Bertz CT molecular complexity index is 798. The molecule has 2 heterocycles. The van der Waals surface area contributed by atoms with Crippen LogP contribution in [0.3, 0.4) is 0 Å². The van der Waals surface area contributed by atoms with Gasteiger partial charge in [0.2, 0.25) is 11.8 Å². The van der Waals surface area contributed by atoms with Gasteiger partial charge in [-0.2, -0.15) is 5.10 Å². The molecule has 8 heteroatoms. The molecule has 2 aromatic rings. The zero-order chi connectivity index (χ0) is 19.4. The number of rotatable bonds is 7. The van der Waals surface area contributed by atoms with Crippen LogP contribution in [0.1, 0.15) is 61.0 Å². The normalized spacial score (nSPS) is 19.4. The number of carbonyl (C=O) groups excluding carboxylic acids is 2. The number of hydrogen-bond acceptors (Lipinski definition) is 5. The molecule has 3 N–H and O–H groups in total. The fourth-order valence-corrected chi connectivity index (χ4v) is 4.42. The van der Waals surface area contributed by atoms with E-state index in [0.29, 0.717) is 30.5 Å². The predicted molar refractivity (Wildman–Crippen MR) is 106 cm³/mol.